The SMILES string of the molecule is COc1c(CC(N)C(=O)O)cc(F)c(S(C)(=O)=O)c1F. The zero-order valence-electron chi connectivity index (χ0n) is 10.7. The molecule has 6 nitrogen and oxygen atoms in total. The summed E-state index contributed by atoms with van der Waals surface area (Å²) in [6.45, 7) is 0. The summed E-state index contributed by atoms with van der Waals surface area (Å²) < 4.78 is 55.1. The van der Waals surface area contributed by atoms with Gasteiger partial charge in [0.15, 0.2) is 21.4 Å². The van der Waals surface area contributed by atoms with Crippen LogP contribution in [0, 0.1) is 11.6 Å². The van der Waals surface area contributed by atoms with Crippen molar-refractivity contribution in [3.05, 3.63) is 23.3 Å². The van der Waals surface area contributed by atoms with E-state index in [1.165, 1.54) is 0 Å². The number of methoxy groups -OCH3 is 1. The highest BCUT2D eigenvalue weighted by Crippen LogP contribution is 2.31. The Morgan fingerprint density at radius 2 is 2.05 bits per heavy atom. The summed E-state index contributed by atoms with van der Waals surface area (Å²) in [5.41, 5.74) is 5.12. The molecule has 0 aliphatic carbocycles. The van der Waals surface area contributed by atoms with E-state index in [0.717, 1.165) is 7.11 Å². The molecule has 0 bridgehead atoms. The topological polar surface area (TPSA) is 107 Å². The average Bonchev–Trinajstić information content (AvgIpc) is 2.26. The second kappa shape index (κ2) is 5.71. The summed E-state index contributed by atoms with van der Waals surface area (Å²) in [7, 11) is -3.08. The minimum atomic E-state index is -4.14. The first-order valence-electron chi connectivity index (χ1n) is 5.32. The summed E-state index contributed by atoms with van der Waals surface area (Å²) >= 11 is 0. The lowest BCUT2D eigenvalue weighted by molar-refractivity contribution is -0.138. The van der Waals surface area contributed by atoms with Crippen molar-refractivity contribution in [3.63, 3.8) is 0 Å². The Bertz CT molecular complexity index is 645. The van der Waals surface area contributed by atoms with Gasteiger partial charge in [-0.3, -0.25) is 4.79 Å². The van der Waals surface area contributed by atoms with Gasteiger partial charge in [0.2, 0.25) is 0 Å². The number of hydrogen-bond acceptors (Lipinski definition) is 5. The van der Waals surface area contributed by atoms with Crippen LogP contribution in [0.1, 0.15) is 5.56 Å². The van der Waals surface area contributed by atoms with E-state index >= 15 is 0 Å². The first kappa shape index (κ1) is 16.3. The van der Waals surface area contributed by atoms with Crippen molar-refractivity contribution in [2.24, 2.45) is 5.73 Å². The van der Waals surface area contributed by atoms with Crippen LogP contribution in [0.5, 0.6) is 5.75 Å². The van der Waals surface area contributed by atoms with Crippen molar-refractivity contribution < 1.29 is 31.8 Å². The van der Waals surface area contributed by atoms with Crippen LogP contribution < -0.4 is 10.5 Å². The molecule has 0 saturated carbocycles. The molecule has 1 rings (SSSR count). The molecule has 20 heavy (non-hydrogen) atoms. The van der Waals surface area contributed by atoms with Gasteiger partial charge in [0, 0.05) is 18.2 Å². The Morgan fingerprint density at radius 1 is 1.50 bits per heavy atom. The third-order valence-electron chi connectivity index (χ3n) is 2.54. The highest BCUT2D eigenvalue weighted by Gasteiger charge is 2.27. The van der Waals surface area contributed by atoms with E-state index in [4.69, 9.17) is 15.6 Å². The lowest BCUT2D eigenvalue weighted by Crippen LogP contribution is -2.32. The number of carboxylic acid groups (broad SMARTS) is 1. The van der Waals surface area contributed by atoms with Gasteiger partial charge in [-0.05, 0) is 6.07 Å². The minimum absolute atomic E-state index is 0.162. The highest BCUT2D eigenvalue weighted by atomic mass is 32.2. The zero-order valence-corrected chi connectivity index (χ0v) is 11.5. The van der Waals surface area contributed by atoms with Crippen LogP contribution in [-0.4, -0.2) is 38.9 Å². The number of rotatable bonds is 5. The molecule has 1 aromatic rings. The smallest absolute Gasteiger partial charge is 0.320 e. The number of sulfone groups is 1. The van der Waals surface area contributed by atoms with E-state index in [9.17, 15) is 22.0 Å². The maximum atomic E-state index is 14.0. The Labute approximate surface area is 114 Å². The van der Waals surface area contributed by atoms with Gasteiger partial charge in [-0.1, -0.05) is 0 Å². The molecule has 1 unspecified atom stereocenters. The first-order chi connectivity index (χ1) is 9.09. The second-order valence-corrected chi connectivity index (χ2v) is 6.07. The molecule has 9 heteroatoms. The van der Waals surface area contributed by atoms with Crippen LogP contribution in [0.25, 0.3) is 0 Å². The van der Waals surface area contributed by atoms with Crippen molar-refractivity contribution in [2.45, 2.75) is 17.4 Å². The van der Waals surface area contributed by atoms with Crippen molar-refractivity contribution in [3.8, 4) is 5.75 Å². The molecule has 0 heterocycles. The maximum Gasteiger partial charge on any atom is 0.320 e. The van der Waals surface area contributed by atoms with Crippen LogP contribution in [-0.2, 0) is 21.1 Å². The Kier molecular flexibility index (Phi) is 4.66. The van der Waals surface area contributed by atoms with Gasteiger partial charge in [-0.25, -0.2) is 17.2 Å². The highest BCUT2D eigenvalue weighted by molar-refractivity contribution is 7.90. The first-order valence-corrected chi connectivity index (χ1v) is 7.22. The molecule has 0 radical (unpaired) electrons. The van der Waals surface area contributed by atoms with Gasteiger partial charge >= 0.3 is 5.97 Å². The van der Waals surface area contributed by atoms with Crippen molar-refractivity contribution >= 4 is 15.8 Å². The van der Waals surface area contributed by atoms with E-state index in [2.05, 4.69) is 0 Å². The largest absolute Gasteiger partial charge is 0.493 e. The lowest BCUT2D eigenvalue weighted by atomic mass is 10.0. The number of carbonyl (C=O) groups is 1. The molecule has 1 aromatic carbocycles. The number of hydrogen-bond donors (Lipinski definition) is 2. The summed E-state index contributed by atoms with van der Waals surface area (Å²) in [6.07, 6.45) is 0.243. The molecule has 112 valence electrons. The van der Waals surface area contributed by atoms with Crippen LogP contribution in [0.2, 0.25) is 0 Å². The van der Waals surface area contributed by atoms with E-state index in [0.29, 0.717) is 12.3 Å². The van der Waals surface area contributed by atoms with E-state index < -0.39 is 50.5 Å². The summed E-state index contributed by atoms with van der Waals surface area (Å²) in [5, 5.41) is 8.68. The normalized spacial score (nSPS) is 13.1. The van der Waals surface area contributed by atoms with Crippen LogP contribution in [0.15, 0.2) is 11.0 Å². The van der Waals surface area contributed by atoms with Gasteiger partial charge in [-0.15, -0.1) is 0 Å². The summed E-state index contributed by atoms with van der Waals surface area (Å²) in [5.74, 6) is -4.62. The molecule has 0 spiro atoms. The predicted molar refractivity (Wildman–Crippen MR) is 65.3 cm³/mol. The zero-order chi connectivity index (χ0) is 15.7. The molecule has 1 atom stereocenters. The third kappa shape index (κ3) is 3.23. The lowest BCUT2D eigenvalue weighted by Gasteiger charge is -2.14. The van der Waals surface area contributed by atoms with Gasteiger partial charge in [0.05, 0.1) is 7.11 Å². The molecule has 0 aromatic heterocycles. The number of ether oxygens (including phenoxy) is 1. The standard InChI is InChI=1S/C11H13F2NO5S/c1-19-9-5(4-7(14)11(15)16)3-6(12)10(8(9)13)20(2,17)18/h3,7H,4,14H2,1-2H3,(H,15,16). The second-order valence-electron chi connectivity index (χ2n) is 4.11. The fourth-order valence-electron chi connectivity index (χ4n) is 1.67. The molecule has 0 fully saturated rings. The Balaban J connectivity index is 3.47. The molecule has 0 aliphatic heterocycles. The predicted octanol–water partition coefficient (Wildman–Crippen LogP) is 0.331. The Morgan fingerprint density at radius 3 is 2.45 bits per heavy atom. The monoisotopic (exact) mass is 309 g/mol. The fraction of sp³-hybridized carbons (Fsp3) is 0.364. The minimum Gasteiger partial charge on any atom is -0.493 e. The summed E-state index contributed by atoms with van der Waals surface area (Å²) in [6, 6.07) is -0.687. The van der Waals surface area contributed by atoms with Gasteiger partial charge in [-0.2, -0.15) is 0 Å². The van der Waals surface area contributed by atoms with Gasteiger partial charge < -0.3 is 15.6 Å². The van der Waals surface area contributed by atoms with Crippen LogP contribution in [0.3, 0.4) is 0 Å². The number of halogens is 2. The molecular formula is C11H13F2NO5S. The van der Waals surface area contributed by atoms with Crippen molar-refractivity contribution in [1.82, 2.24) is 0 Å². The average molecular weight is 309 g/mol. The van der Waals surface area contributed by atoms with E-state index in [-0.39, 0.29) is 5.56 Å². The third-order valence-corrected chi connectivity index (χ3v) is 3.66. The number of carboxylic acids is 1. The number of nitrogens with two attached hydrogens (primary N) is 1. The fourth-order valence-corrected chi connectivity index (χ4v) is 2.50. The number of benzene rings is 1. The maximum absolute atomic E-state index is 14.0. The van der Waals surface area contributed by atoms with Crippen molar-refractivity contribution in [1.29, 1.82) is 0 Å². The Hall–Kier alpha value is -1.74. The molecule has 0 saturated heterocycles. The molecule has 0 amide bonds. The van der Waals surface area contributed by atoms with E-state index in [1.807, 2.05) is 0 Å². The molecular weight excluding hydrogens is 296 g/mol. The van der Waals surface area contributed by atoms with Gasteiger partial charge in [0.25, 0.3) is 0 Å². The van der Waals surface area contributed by atoms with Crippen LogP contribution >= 0.6 is 0 Å². The summed E-state index contributed by atoms with van der Waals surface area (Å²) in [4.78, 5) is 9.53. The quantitative estimate of drug-likeness (QED) is 0.812. The number of aliphatic carboxylic acids is 1. The molecule has 0 aliphatic rings. The van der Waals surface area contributed by atoms with E-state index in [1.54, 1.807) is 0 Å². The van der Waals surface area contributed by atoms with Crippen LogP contribution in [0.4, 0.5) is 8.78 Å². The van der Waals surface area contributed by atoms with Gasteiger partial charge in [0.1, 0.15) is 16.8 Å². The van der Waals surface area contributed by atoms with Crippen molar-refractivity contribution in [2.75, 3.05) is 13.4 Å². The molecule has 3 N–H and O–H groups in total.